The first kappa shape index (κ1) is 35.0. The maximum Gasteiger partial charge on any atom is 0.0540 e. The maximum absolute atomic E-state index is 2.46. The molecule has 0 saturated heterocycles. The lowest BCUT2D eigenvalue weighted by atomic mass is 9.84. The molecule has 0 aliphatic carbocycles. The highest BCUT2D eigenvalue weighted by molar-refractivity contribution is 6.22. The van der Waals surface area contributed by atoms with Crippen LogP contribution in [0.2, 0.25) is 0 Å². The molecule has 0 amide bonds. The topological polar surface area (TPSA) is 3.24 Å². The van der Waals surface area contributed by atoms with Gasteiger partial charge in [0.05, 0.1) is 5.69 Å². The first-order chi connectivity index (χ1) is 30.3. The van der Waals surface area contributed by atoms with Crippen molar-refractivity contribution in [1.29, 1.82) is 0 Å². The van der Waals surface area contributed by atoms with Crippen LogP contribution in [-0.4, -0.2) is 0 Å². The van der Waals surface area contributed by atoms with E-state index in [0.29, 0.717) is 0 Å². The predicted octanol–water partition coefficient (Wildman–Crippen LogP) is 17.1. The normalized spacial score (nSPS) is 11.6. The minimum absolute atomic E-state index is 1.11. The molecule has 0 heterocycles. The molecule has 0 N–H and O–H groups in total. The van der Waals surface area contributed by atoms with Crippen molar-refractivity contribution in [3.63, 3.8) is 0 Å². The van der Waals surface area contributed by atoms with Crippen LogP contribution >= 0.6 is 0 Å². The van der Waals surface area contributed by atoms with Crippen LogP contribution in [0.1, 0.15) is 0 Å². The quantitative estimate of drug-likeness (QED) is 0.152. The van der Waals surface area contributed by atoms with Crippen molar-refractivity contribution < 1.29 is 0 Å². The minimum atomic E-state index is 1.11. The number of anilines is 3. The van der Waals surface area contributed by atoms with Gasteiger partial charge in [0, 0.05) is 16.9 Å². The molecular weight excluding hydrogens is 735 g/mol. The highest BCUT2D eigenvalue weighted by Gasteiger charge is 2.22. The highest BCUT2D eigenvalue weighted by atomic mass is 15.1. The Morgan fingerprint density at radius 3 is 1.26 bits per heavy atom. The first-order valence-corrected chi connectivity index (χ1v) is 21.1. The lowest BCUT2D eigenvalue weighted by Crippen LogP contribution is -2.11. The van der Waals surface area contributed by atoms with Crippen molar-refractivity contribution in [3.8, 4) is 33.4 Å². The molecule has 284 valence electrons. The lowest BCUT2D eigenvalue weighted by molar-refractivity contribution is 1.29. The summed E-state index contributed by atoms with van der Waals surface area (Å²) in [6, 6.07) is 87.0. The van der Waals surface area contributed by atoms with E-state index in [1.165, 1.54) is 86.9 Å². The van der Waals surface area contributed by atoms with E-state index in [0.717, 1.165) is 28.2 Å². The van der Waals surface area contributed by atoms with E-state index in [4.69, 9.17) is 0 Å². The van der Waals surface area contributed by atoms with E-state index >= 15 is 0 Å². The third-order valence-electron chi connectivity index (χ3n) is 12.6. The Morgan fingerprint density at radius 1 is 0.230 bits per heavy atom. The Balaban J connectivity index is 1.12. The maximum atomic E-state index is 2.46. The van der Waals surface area contributed by atoms with Crippen LogP contribution in [0.15, 0.2) is 237 Å². The molecule has 0 saturated carbocycles. The molecule has 0 aliphatic heterocycles. The second-order valence-corrected chi connectivity index (χ2v) is 16.0. The van der Waals surface area contributed by atoms with Crippen molar-refractivity contribution in [1.82, 2.24) is 0 Å². The summed E-state index contributed by atoms with van der Waals surface area (Å²) >= 11 is 0. The fourth-order valence-corrected chi connectivity index (χ4v) is 9.79. The molecule has 0 bridgehead atoms. The molecule has 0 fully saturated rings. The van der Waals surface area contributed by atoms with Crippen molar-refractivity contribution in [2.24, 2.45) is 0 Å². The van der Waals surface area contributed by atoms with Crippen molar-refractivity contribution in [2.75, 3.05) is 4.90 Å². The first-order valence-electron chi connectivity index (χ1n) is 21.1. The van der Waals surface area contributed by atoms with Crippen LogP contribution < -0.4 is 4.90 Å². The summed E-state index contributed by atoms with van der Waals surface area (Å²) in [4.78, 5) is 2.46. The third kappa shape index (κ3) is 5.86. The van der Waals surface area contributed by atoms with Crippen LogP contribution in [0.5, 0.6) is 0 Å². The molecule has 12 rings (SSSR count). The fraction of sp³-hybridized carbons (Fsp3) is 0. The number of hydrogen-bond donors (Lipinski definition) is 0. The standard InChI is InChI=1S/C60H39N/c1-3-17-42(18-4-1)59-56-25-12-11-24-54(56)55-34-31-46(39-57(55)60(59)43-19-5-2-6-20-43)53-23-13-14-26-58(53)61(47-32-35-51-44(37-47)29-27-40-15-7-9-21-49(40)51)48-33-36-52-45(38-48)30-28-41-16-8-10-22-50(41)52/h1-39H. The van der Waals surface area contributed by atoms with E-state index in [1.807, 2.05) is 0 Å². The Bertz CT molecular complexity index is 3520. The number of hydrogen-bond acceptors (Lipinski definition) is 1. The molecule has 12 aromatic rings. The highest BCUT2D eigenvalue weighted by Crippen LogP contribution is 2.48. The average Bonchev–Trinajstić information content (AvgIpc) is 3.34. The average molecular weight is 774 g/mol. The van der Waals surface area contributed by atoms with Crippen LogP contribution in [0.3, 0.4) is 0 Å². The van der Waals surface area contributed by atoms with E-state index in [2.05, 4.69) is 241 Å². The van der Waals surface area contributed by atoms with Gasteiger partial charge in [-0.1, -0.05) is 200 Å². The van der Waals surface area contributed by atoms with Crippen molar-refractivity contribution in [3.05, 3.63) is 237 Å². The van der Waals surface area contributed by atoms with Gasteiger partial charge in [0.1, 0.15) is 0 Å². The zero-order chi connectivity index (χ0) is 40.3. The molecule has 0 spiro atoms. The van der Waals surface area contributed by atoms with Crippen LogP contribution in [0, 0.1) is 0 Å². The lowest BCUT2D eigenvalue weighted by Gasteiger charge is -2.29. The van der Waals surface area contributed by atoms with Gasteiger partial charge < -0.3 is 4.90 Å². The number of benzene rings is 12. The van der Waals surface area contributed by atoms with Gasteiger partial charge in [0.25, 0.3) is 0 Å². The van der Waals surface area contributed by atoms with Crippen molar-refractivity contribution >= 4 is 81.7 Å². The van der Waals surface area contributed by atoms with Gasteiger partial charge in [-0.15, -0.1) is 0 Å². The smallest absolute Gasteiger partial charge is 0.0540 e. The predicted molar refractivity (Wildman–Crippen MR) is 262 cm³/mol. The summed E-state index contributed by atoms with van der Waals surface area (Å²) in [5, 5.41) is 15.0. The van der Waals surface area contributed by atoms with Crippen LogP contribution in [0.4, 0.5) is 17.1 Å². The van der Waals surface area contributed by atoms with Gasteiger partial charge in [-0.05, 0) is 129 Å². The van der Waals surface area contributed by atoms with Crippen LogP contribution in [-0.2, 0) is 0 Å². The largest absolute Gasteiger partial charge is 0.310 e. The Morgan fingerprint density at radius 2 is 0.656 bits per heavy atom. The summed E-state index contributed by atoms with van der Waals surface area (Å²) in [7, 11) is 0. The molecule has 0 atom stereocenters. The summed E-state index contributed by atoms with van der Waals surface area (Å²) in [6.45, 7) is 0. The molecule has 1 heteroatoms. The number of nitrogens with zero attached hydrogens (tertiary/aromatic N) is 1. The molecular formula is C60H39N. The van der Waals surface area contributed by atoms with Gasteiger partial charge in [0.15, 0.2) is 0 Å². The minimum Gasteiger partial charge on any atom is -0.310 e. The van der Waals surface area contributed by atoms with Gasteiger partial charge in [-0.2, -0.15) is 0 Å². The molecule has 1 nitrogen and oxygen atoms in total. The van der Waals surface area contributed by atoms with E-state index in [9.17, 15) is 0 Å². The zero-order valence-electron chi connectivity index (χ0n) is 33.5. The Hall–Kier alpha value is -8.00. The molecule has 61 heavy (non-hydrogen) atoms. The third-order valence-corrected chi connectivity index (χ3v) is 12.6. The molecule has 0 aliphatic rings. The van der Waals surface area contributed by atoms with Gasteiger partial charge in [0.2, 0.25) is 0 Å². The number of para-hydroxylation sites is 1. The SMILES string of the molecule is c1ccc(-c2c(-c3ccccc3)c3cc(-c4ccccc4N(c4ccc5c(ccc6ccccc65)c4)c4ccc5c(ccc6ccccc65)c4)ccc3c3ccccc23)cc1. The van der Waals surface area contributed by atoms with Gasteiger partial charge in [-0.25, -0.2) is 0 Å². The molecule has 0 aromatic heterocycles. The summed E-state index contributed by atoms with van der Waals surface area (Å²) in [6.07, 6.45) is 0. The summed E-state index contributed by atoms with van der Waals surface area (Å²) in [5.74, 6) is 0. The fourth-order valence-electron chi connectivity index (χ4n) is 9.79. The summed E-state index contributed by atoms with van der Waals surface area (Å²) in [5.41, 5.74) is 10.6. The molecule has 0 unspecified atom stereocenters. The second kappa shape index (κ2) is 14.4. The van der Waals surface area contributed by atoms with Gasteiger partial charge in [-0.3, -0.25) is 0 Å². The second-order valence-electron chi connectivity index (χ2n) is 16.0. The molecule has 12 aromatic carbocycles. The van der Waals surface area contributed by atoms with Crippen molar-refractivity contribution in [2.45, 2.75) is 0 Å². The monoisotopic (exact) mass is 773 g/mol. The van der Waals surface area contributed by atoms with E-state index < -0.39 is 0 Å². The molecule has 0 radical (unpaired) electrons. The zero-order valence-corrected chi connectivity index (χ0v) is 33.5. The van der Waals surface area contributed by atoms with Crippen LogP contribution in [0.25, 0.3) is 98.0 Å². The Labute approximate surface area is 355 Å². The Kier molecular flexibility index (Phi) is 8.25. The number of fused-ring (bicyclic) bond motifs is 9. The van der Waals surface area contributed by atoms with Gasteiger partial charge >= 0.3 is 0 Å². The summed E-state index contributed by atoms with van der Waals surface area (Å²) < 4.78 is 0. The van der Waals surface area contributed by atoms with E-state index in [-0.39, 0.29) is 0 Å². The number of rotatable bonds is 6. The van der Waals surface area contributed by atoms with E-state index in [1.54, 1.807) is 0 Å².